The van der Waals surface area contributed by atoms with Gasteiger partial charge in [-0.1, -0.05) is 6.07 Å². The van der Waals surface area contributed by atoms with Gasteiger partial charge in [0.1, 0.15) is 0 Å². The van der Waals surface area contributed by atoms with Crippen LogP contribution in [-0.2, 0) is 0 Å². The molecule has 1 saturated carbocycles. The maximum Gasteiger partial charge on any atom is 0.0345 e. The van der Waals surface area contributed by atoms with E-state index in [1.54, 1.807) is 0 Å². The molecule has 2 fully saturated rings. The zero-order valence-corrected chi connectivity index (χ0v) is 11.6. The van der Waals surface area contributed by atoms with Crippen molar-refractivity contribution in [2.75, 3.05) is 18.4 Å². The number of piperidine rings is 1. The number of aryl methyl sites for hydroxylation is 2. The third-order valence-electron chi connectivity index (χ3n) is 4.90. The first-order chi connectivity index (χ1) is 8.67. The first-order valence-electron chi connectivity index (χ1n) is 7.21. The van der Waals surface area contributed by atoms with Crippen LogP contribution in [0.2, 0.25) is 0 Å². The molecule has 0 unspecified atom stereocenters. The maximum absolute atomic E-state index is 3.70. The molecule has 3 rings (SSSR count). The molecule has 0 aromatic heterocycles. The van der Waals surface area contributed by atoms with Gasteiger partial charge < -0.3 is 10.6 Å². The van der Waals surface area contributed by atoms with Crippen LogP contribution in [0.1, 0.15) is 36.8 Å². The first-order valence-corrected chi connectivity index (χ1v) is 7.21. The van der Waals surface area contributed by atoms with Crippen molar-refractivity contribution in [1.29, 1.82) is 0 Å². The average Bonchev–Trinajstić information content (AvgIpc) is 2.33. The molecule has 0 atom stereocenters. The van der Waals surface area contributed by atoms with E-state index in [0.717, 1.165) is 0 Å². The molecule has 1 spiro atoms. The Balaban J connectivity index is 1.57. The van der Waals surface area contributed by atoms with Crippen LogP contribution in [0.3, 0.4) is 0 Å². The summed E-state index contributed by atoms with van der Waals surface area (Å²) in [5, 5.41) is 7.16. The fourth-order valence-electron chi connectivity index (χ4n) is 3.52. The van der Waals surface area contributed by atoms with Gasteiger partial charge in [0.2, 0.25) is 0 Å². The van der Waals surface area contributed by atoms with Crippen molar-refractivity contribution in [3.8, 4) is 0 Å². The first kappa shape index (κ1) is 12.0. The lowest BCUT2D eigenvalue weighted by Gasteiger charge is -2.51. The van der Waals surface area contributed by atoms with Crippen molar-refractivity contribution in [2.24, 2.45) is 5.41 Å². The maximum atomic E-state index is 3.70. The molecule has 2 heteroatoms. The fourth-order valence-corrected chi connectivity index (χ4v) is 3.52. The van der Waals surface area contributed by atoms with E-state index in [1.165, 1.54) is 55.6 Å². The van der Waals surface area contributed by atoms with Crippen molar-refractivity contribution in [1.82, 2.24) is 5.32 Å². The summed E-state index contributed by atoms with van der Waals surface area (Å²) >= 11 is 0. The summed E-state index contributed by atoms with van der Waals surface area (Å²) < 4.78 is 0. The molecular formula is C16H24N2. The summed E-state index contributed by atoms with van der Waals surface area (Å²) in [4.78, 5) is 0. The van der Waals surface area contributed by atoms with E-state index in [-0.39, 0.29) is 0 Å². The molecule has 0 bridgehead atoms. The Bertz CT molecular complexity index is 425. The minimum Gasteiger partial charge on any atom is -0.382 e. The molecule has 1 aliphatic heterocycles. The monoisotopic (exact) mass is 244 g/mol. The van der Waals surface area contributed by atoms with Crippen molar-refractivity contribution < 1.29 is 0 Å². The lowest BCUT2D eigenvalue weighted by molar-refractivity contribution is 0.0718. The summed E-state index contributed by atoms with van der Waals surface area (Å²) in [6.07, 6.45) is 5.47. The fraction of sp³-hybridized carbons (Fsp3) is 0.625. The number of hydrogen-bond donors (Lipinski definition) is 2. The van der Waals surface area contributed by atoms with Crippen LogP contribution in [0.25, 0.3) is 0 Å². The molecule has 0 radical (unpaired) electrons. The molecule has 0 amide bonds. The Morgan fingerprint density at radius 3 is 2.50 bits per heavy atom. The predicted octanol–water partition coefficient (Wildman–Crippen LogP) is 3.25. The molecule has 2 nitrogen and oxygen atoms in total. The van der Waals surface area contributed by atoms with E-state index >= 15 is 0 Å². The highest BCUT2D eigenvalue weighted by Crippen LogP contribution is 2.48. The minimum absolute atomic E-state index is 0.669. The Hall–Kier alpha value is -1.02. The van der Waals surface area contributed by atoms with Crippen LogP contribution in [-0.4, -0.2) is 19.1 Å². The van der Waals surface area contributed by atoms with Gasteiger partial charge in [-0.05, 0) is 81.3 Å². The van der Waals surface area contributed by atoms with E-state index in [9.17, 15) is 0 Å². The molecule has 2 N–H and O–H groups in total. The Kier molecular flexibility index (Phi) is 3.06. The van der Waals surface area contributed by atoms with Crippen LogP contribution in [0.15, 0.2) is 18.2 Å². The SMILES string of the molecule is Cc1ccc(NC2CC3(CCNCC3)C2)cc1C. The molecule has 98 valence electrons. The van der Waals surface area contributed by atoms with Crippen molar-refractivity contribution in [3.63, 3.8) is 0 Å². The Morgan fingerprint density at radius 2 is 1.83 bits per heavy atom. The van der Waals surface area contributed by atoms with Gasteiger partial charge in [0, 0.05) is 11.7 Å². The second-order valence-electron chi connectivity index (χ2n) is 6.30. The number of nitrogens with one attached hydrogen (secondary N) is 2. The minimum atomic E-state index is 0.669. The van der Waals surface area contributed by atoms with Crippen LogP contribution >= 0.6 is 0 Å². The molecule has 1 heterocycles. The van der Waals surface area contributed by atoms with Crippen molar-refractivity contribution >= 4 is 5.69 Å². The summed E-state index contributed by atoms with van der Waals surface area (Å²) in [5.41, 5.74) is 4.73. The molecule has 2 aliphatic rings. The van der Waals surface area contributed by atoms with E-state index in [0.29, 0.717) is 11.5 Å². The molecule has 1 saturated heterocycles. The van der Waals surface area contributed by atoms with Crippen LogP contribution in [0, 0.1) is 19.3 Å². The summed E-state index contributed by atoms with van der Waals surface area (Å²) in [7, 11) is 0. The van der Waals surface area contributed by atoms with E-state index < -0.39 is 0 Å². The van der Waals surface area contributed by atoms with Gasteiger partial charge >= 0.3 is 0 Å². The Labute approximate surface area is 110 Å². The topological polar surface area (TPSA) is 24.1 Å². The second-order valence-corrected chi connectivity index (χ2v) is 6.30. The largest absolute Gasteiger partial charge is 0.382 e. The predicted molar refractivity (Wildman–Crippen MR) is 77.1 cm³/mol. The highest BCUT2D eigenvalue weighted by Gasteiger charge is 2.44. The number of benzene rings is 1. The smallest absolute Gasteiger partial charge is 0.0345 e. The highest BCUT2D eigenvalue weighted by atomic mass is 15.0. The third kappa shape index (κ3) is 2.26. The lowest BCUT2D eigenvalue weighted by atomic mass is 9.60. The van der Waals surface area contributed by atoms with Crippen LogP contribution < -0.4 is 10.6 Å². The number of hydrogen-bond acceptors (Lipinski definition) is 2. The van der Waals surface area contributed by atoms with Crippen LogP contribution in [0.4, 0.5) is 5.69 Å². The zero-order valence-electron chi connectivity index (χ0n) is 11.6. The van der Waals surface area contributed by atoms with Gasteiger partial charge in [0.15, 0.2) is 0 Å². The summed E-state index contributed by atoms with van der Waals surface area (Å²) in [5.74, 6) is 0. The molecular weight excluding hydrogens is 220 g/mol. The molecule has 1 aromatic carbocycles. The van der Waals surface area contributed by atoms with Gasteiger partial charge in [0.05, 0.1) is 0 Å². The number of rotatable bonds is 2. The molecule has 1 aliphatic carbocycles. The van der Waals surface area contributed by atoms with E-state index in [1.807, 2.05) is 0 Å². The van der Waals surface area contributed by atoms with Gasteiger partial charge in [0.25, 0.3) is 0 Å². The van der Waals surface area contributed by atoms with Gasteiger partial charge in [-0.25, -0.2) is 0 Å². The second kappa shape index (κ2) is 4.58. The highest BCUT2D eigenvalue weighted by molar-refractivity contribution is 5.49. The third-order valence-corrected chi connectivity index (χ3v) is 4.90. The Morgan fingerprint density at radius 1 is 1.11 bits per heavy atom. The van der Waals surface area contributed by atoms with Crippen molar-refractivity contribution in [2.45, 2.75) is 45.6 Å². The quantitative estimate of drug-likeness (QED) is 0.834. The molecule has 18 heavy (non-hydrogen) atoms. The van der Waals surface area contributed by atoms with E-state index in [2.05, 4.69) is 42.7 Å². The zero-order chi connectivity index (χ0) is 12.6. The summed E-state index contributed by atoms with van der Waals surface area (Å²) in [6.45, 7) is 6.80. The average molecular weight is 244 g/mol. The van der Waals surface area contributed by atoms with Gasteiger partial charge in [-0.15, -0.1) is 0 Å². The standard InChI is InChI=1S/C16H24N2/c1-12-3-4-14(9-13(12)2)18-15-10-16(11-15)5-7-17-8-6-16/h3-4,9,15,17-18H,5-8,10-11H2,1-2H3. The summed E-state index contributed by atoms with van der Waals surface area (Å²) in [6, 6.07) is 7.42. The van der Waals surface area contributed by atoms with Crippen LogP contribution in [0.5, 0.6) is 0 Å². The van der Waals surface area contributed by atoms with Gasteiger partial charge in [-0.2, -0.15) is 0 Å². The van der Waals surface area contributed by atoms with Gasteiger partial charge in [-0.3, -0.25) is 0 Å². The molecule has 1 aromatic rings. The lowest BCUT2D eigenvalue weighted by Crippen LogP contribution is -2.50. The van der Waals surface area contributed by atoms with Crippen molar-refractivity contribution in [3.05, 3.63) is 29.3 Å². The van der Waals surface area contributed by atoms with E-state index in [4.69, 9.17) is 0 Å². The number of anilines is 1. The normalized spacial score (nSPS) is 22.8.